The Labute approximate surface area is 194 Å². The van der Waals surface area contributed by atoms with Gasteiger partial charge in [-0.1, -0.05) is 41.4 Å². The number of hydrogen-bond donors (Lipinski definition) is 0. The van der Waals surface area contributed by atoms with E-state index in [4.69, 9.17) is 37.1 Å². The fourth-order valence-corrected chi connectivity index (χ4v) is 4.37. The molecule has 32 heavy (non-hydrogen) atoms. The van der Waals surface area contributed by atoms with Gasteiger partial charge in [0.15, 0.2) is 0 Å². The molecule has 7 heteroatoms. The first-order chi connectivity index (χ1) is 15.5. The molecule has 1 aromatic heterocycles. The molecular formula is C25H19Cl2NO4. The molecule has 0 aliphatic carbocycles. The van der Waals surface area contributed by atoms with E-state index in [0.717, 1.165) is 33.6 Å². The quantitative estimate of drug-likeness (QED) is 0.338. The largest absolute Gasteiger partial charge is 0.497 e. The second-order valence-corrected chi connectivity index (χ2v) is 8.48. The highest BCUT2D eigenvalue weighted by atomic mass is 35.5. The van der Waals surface area contributed by atoms with Gasteiger partial charge in [-0.25, -0.2) is 4.79 Å². The molecule has 5 nitrogen and oxygen atoms in total. The molecule has 0 amide bonds. The van der Waals surface area contributed by atoms with E-state index in [9.17, 15) is 4.79 Å². The molecule has 162 valence electrons. The lowest BCUT2D eigenvalue weighted by molar-refractivity contribution is 0.0890. The van der Waals surface area contributed by atoms with Crippen molar-refractivity contribution in [3.63, 3.8) is 0 Å². The zero-order valence-electron chi connectivity index (χ0n) is 17.2. The standard InChI is InChI=1S/C25H19Cl2NO4/c1-30-19-7-3-15(4-8-19)20-10-16-5-9-23-21(24(16)32-25(20)29)13-28(14-31-23)12-17-2-6-18(26)11-22(17)27/h2-11H,12-14H2,1H3. The molecule has 1 aliphatic heterocycles. The minimum atomic E-state index is -0.395. The average molecular weight is 468 g/mol. The number of benzene rings is 3. The van der Waals surface area contributed by atoms with Crippen molar-refractivity contribution in [3.05, 3.63) is 92.3 Å². The van der Waals surface area contributed by atoms with Crippen molar-refractivity contribution in [2.75, 3.05) is 13.8 Å². The highest BCUT2D eigenvalue weighted by Gasteiger charge is 2.23. The molecule has 1 aliphatic rings. The molecule has 0 atom stereocenters. The van der Waals surface area contributed by atoms with Crippen LogP contribution >= 0.6 is 23.2 Å². The summed E-state index contributed by atoms with van der Waals surface area (Å²) in [6, 6.07) is 18.5. The summed E-state index contributed by atoms with van der Waals surface area (Å²) in [7, 11) is 1.61. The Morgan fingerprint density at radius 2 is 1.84 bits per heavy atom. The van der Waals surface area contributed by atoms with Gasteiger partial charge in [-0.3, -0.25) is 4.90 Å². The lowest BCUT2D eigenvalue weighted by atomic mass is 10.0. The molecule has 0 radical (unpaired) electrons. The highest BCUT2D eigenvalue weighted by Crippen LogP contribution is 2.34. The predicted octanol–water partition coefficient (Wildman–Crippen LogP) is 6.13. The summed E-state index contributed by atoms with van der Waals surface area (Å²) < 4.78 is 16.9. The van der Waals surface area contributed by atoms with E-state index in [0.29, 0.717) is 41.0 Å². The van der Waals surface area contributed by atoms with Gasteiger partial charge in [-0.15, -0.1) is 0 Å². The Morgan fingerprint density at radius 1 is 1.03 bits per heavy atom. The van der Waals surface area contributed by atoms with Crippen LogP contribution in [0.25, 0.3) is 22.1 Å². The van der Waals surface area contributed by atoms with Gasteiger partial charge in [0.2, 0.25) is 0 Å². The number of nitrogens with zero attached hydrogens (tertiary/aromatic N) is 1. The summed E-state index contributed by atoms with van der Waals surface area (Å²) >= 11 is 12.3. The van der Waals surface area contributed by atoms with Crippen molar-refractivity contribution in [1.82, 2.24) is 4.90 Å². The maximum atomic E-state index is 12.8. The topological polar surface area (TPSA) is 51.9 Å². The zero-order valence-corrected chi connectivity index (χ0v) is 18.7. The van der Waals surface area contributed by atoms with E-state index in [1.807, 2.05) is 54.6 Å². The Bertz CT molecular complexity index is 1370. The molecule has 0 saturated carbocycles. The Kier molecular flexibility index (Phi) is 5.55. The number of fused-ring (bicyclic) bond motifs is 3. The second kappa shape index (κ2) is 8.51. The zero-order chi connectivity index (χ0) is 22.2. The van der Waals surface area contributed by atoms with Crippen molar-refractivity contribution >= 4 is 34.2 Å². The van der Waals surface area contributed by atoms with Crippen LogP contribution in [0.2, 0.25) is 10.0 Å². The van der Waals surface area contributed by atoms with E-state index in [1.54, 1.807) is 13.2 Å². The maximum Gasteiger partial charge on any atom is 0.344 e. The molecule has 3 aromatic carbocycles. The SMILES string of the molecule is COc1ccc(-c2cc3ccc4c(c3oc2=O)CN(Cc2ccc(Cl)cc2Cl)CO4)cc1. The first-order valence-corrected chi connectivity index (χ1v) is 10.8. The first kappa shape index (κ1) is 20.9. The van der Waals surface area contributed by atoms with Gasteiger partial charge in [0.05, 0.1) is 18.2 Å². The predicted molar refractivity (Wildman–Crippen MR) is 126 cm³/mol. The molecule has 0 N–H and O–H groups in total. The van der Waals surface area contributed by atoms with Crippen molar-refractivity contribution in [3.8, 4) is 22.6 Å². The van der Waals surface area contributed by atoms with Crippen LogP contribution in [0, 0.1) is 0 Å². The third-order valence-electron chi connectivity index (χ3n) is 5.56. The average Bonchev–Trinajstić information content (AvgIpc) is 2.80. The molecular weight excluding hydrogens is 449 g/mol. The fourth-order valence-electron chi connectivity index (χ4n) is 3.90. The van der Waals surface area contributed by atoms with E-state index in [-0.39, 0.29) is 0 Å². The Hall–Kier alpha value is -2.99. The maximum absolute atomic E-state index is 12.8. The number of rotatable bonds is 4. The van der Waals surface area contributed by atoms with E-state index >= 15 is 0 Å². The minimum Gasteiger partial charge on any atom is -0.497 e. The van der Waals surface area contributed by atoms with Gasteiger partial charge in [-0.05, 0) is 53.6 Å². The van der Waals surface area contributed by atoms with Crippen LogP contribution in [0.5, 0.6) is 11.5 Å². The summed E-state index contributed by atoms with van der Waals surface area (Å²) in [5, 5.41) is 2.04. The summed E-state index contributed by atoms with van der Waals surface area (Å²) in [4.78, 5) is 14.9. The molecule has 0 saturated heterocycles. The lowest BCUT2D eigenvalue weighted by Crippen LogP contribution is -2.31. The van der Waals surface area contributed by atoms with Crippen molar-refractivity contribution < 1.29 is 13.9 Å². The van der Waals surface area contributed by atoms with Gasteiger partial charge in [0, 0.05) is 28.5 Å². The third-order valence-corrected chi connectivity index (χ3v) is 6.14. The van der Waals surface area contributed by atoms with E-state index in [1.165, 1.54) is 0 Å². The molecule has 0 fully saturated rings. The summed E-state index contributed by atoms with van der Waals surface area (Å²) in [6.45, 7) is 1.56. The van der Waals surface area contributed by atoms with Crippen LogP contribution in [0.4, 0.5) is 0 Å². The monoisotopic (exact) mass is 467 g/mol. The molecule has 0 spiro atoms. The minimum absolute atomic E-state index is 0.395. The van der Waals surface area contributed by atoms with Gasteiger partial charge >= 0.3 is 5.63 Å². The van der Waals surface area contributed by atoms with Gasteiger partial charge < -0.3 is 13.9 Å². The number of hydrogen-bond acceptors (Lipinski definition) is 5. The molecule has 0 bridgehead atoms. The smallest absolute Gasteiger partial charge is 0.344 e. The molecule has 2 heterocycles. The van der Waals surface area contributed by atoms with Gasteiger partial charge in [0.1, 0.15) is 23.8 Å². The molecule has 5 rings (SSSR count). The molecule has 0 unspecified atom stereocenters. The number of ether oxygens (including phenoxy) is 2. The van der Waals surface area contributed by atoms with Crippen molar-refractivity contribution in [2.24, 2.45) is 0 Å². The van der Waals surface area contributed by atoms with Crippen LogP contribution in [0.15, 0.2) is 69.9 Å². The van der Waals surface area contributed by atoms with Crippen LogP contribution in [0.3, 0.4) is 0 Å². The van der Waals surface area contributed by atoms with Crippen LogP contribution in [-0.4, -0.2) is 18.7 Å². The van der Waals surface area contributed by atoms with Crippen LogP contribution in [0.1, 0.15) is 11.1 Å². The van der Waals surface area contributed by atoms with Crippen LogP contribution in [-0.2, 0) is 13.1 Å². The van der Waals surface area contributed by atoms with E-state index < -0.39 is 5.63 Å². The third kappa shape index (κ3) is 3.95. The van der Waals surface area contributed by atoms with Gasteiger partial charge in [0.25, 0.3) is 0 Å². The number of methoxy groups -OCH3 is 1. The van der Waals surface area contributed by atoms with Gasteiger partial charge in [-0.2, -0.15) is 0 Å². The summed E-state index contributed by atoms with van der Waals surface area (Å²) in [6.07, 6.45) is 0. The molecule has 4 aromatic rings. The van der Waals surface area contributed by atoms with E-state index in [2.05, 4.69) is 4.90 Å². The highest BCUT2D eigenvalue weighted by molar-refractivity contribution is 6.35. The van der Waals surface area contributed by atoms with Crippen molar-refractivity contribution in [2.45, 2.75) is 13.1 Å². The summed E-state index contributed by atoms with van der Waals surface area (Å²) in [5.41, 5.74) is 3.21. The number of halogens is 2. The normalized spacial score (nSPS) is 13.6. The Morgan fingerprint density at radius 3 is 2.59 bits per heavy atom. The second-order valence-electron chi connectivity index (χ2n) is 7.63. The summed E-state index contributed by atoms with van der Waals surface area (Å²) in [5.74, 6) is 1.45. The fraction of sp³-hybridized carbons (Fsp3) is 0.160. The van der Waals surface area contributed by atoms with Crippen LogP contribution < -0.4 is 15.1 Å². The Balaban J connectivity index is 1.49. The first-order valence-electron chi connectivity index (χ1n) is 10.0. The lowest BCUT2D eigenvalue weighted by Gasteiger charge is -2.29. The van der Waals surface area contributed by atoms with Crippen molar-refractivity contribution in [1.29, 1.82) is 0 Å².